The fourth-order valence-electron chi connectivity index (χ4n) is 2.61. The predicted molar refractivity (Wildman–Crippen MR) is 64.9 cm³/mol. The molecule has 15 heavy (non-hydrogen) atoms. The van der Waals surface area contributed by atoms with Crippen LogP contribution in [0.15, 0.2) is 9.81 Å². The molecule has 2 aliphatic carbocycles. The van der Waals surface area contributed by atoms with E-state index >= 15 is 0 Å². The molecule has 0 aromatic rings. The summed E-state index contributed by atoms with van der Waals surface area (Å²) in [5.41, 5.74) is 0.950. The molecule has 0 amide bonds. The molecule has 2 nitrogen and oxygen atoms in total. The lowest BCUT2D eigenvalue weighted by molar-refractivity contribution is -0.118. The van der Waals surface area contributed by atoms with Crippen LogP contribution in [0.25, 0.3) is 0 Å². The molecule has 2 rings (SSSR count). The molecule has 2 saturated carbocycles. The molecule has 4 heteroatoms. The van der Waals surface area contributed by atoms with E-state index < -0.39 is 0 Å². The molecular formula is C11H14O2S2. The summed E-state index contributed by atoms with van der Waals surface area (Å²) in [4.78, 5) is 23.2. The quantitative estimate of drug-likeness (QED) is 0.697. The number of hydrogen-bond acceptors (Lipinski definition) is 4. The molecule has 82 valence electrons. The van der Waals surface area contributed by atoms with E-state index in [0.717, 1.165) is 9.81 Å². The highest BCUT2D eigenvalue weighted by molar-refractivity contribution is 8.21. The van der Waals surface area contributed by atoms with Crippen molar-refractivity contribution in [2.75, 3.05) is 12.5 Å². The zero-order valence-corrected chi connectivity index (χ0v) is 10.5. The Labute approximate surface area is 98.3 Å². The second-order valence-corrected chi connectivity index (χ2v) is 5.94. The summed E-state index contributed by atoms with van der Waals surface area (Å²) in [6.07, 6.45) is 5.80. The number of allylic oxidation sites excluding steroid dienone is 1. The van der Waals surface area contributed by atoms with Crippen molar-refractivity contribution in [3.8, 4) is 0 Å². The van der Waals surface area contributed by atoms with Crippen LogP contribution in [0.4, 0.5) is 0 Å². The number of fused-ring (bicyclic) bond motifs is 1. The Balaban J connectivity index is 2.35. The Morgan fingerprint density at radius 1 is 1.13 bits per heavy atom. The van der Waals surface area contributed by atoms with E-state index in [2.05, 4.69) is 0 Å². The Morgan fingerprint density at radius 2 is 1.80 bits per heavy atom. The molecular weight excluding hydrogens is 228 g/mol. The standard InChI is InChI=1S/C11H14O2S2/c1-14-11(15-2)10-8-5-7(12)3-6(8)4-9(10)13/h6,8H,3-5H2,1-2H3/t6-,8-/m0/s1. The van der Waals surface area contributed by atoms with Gasteiger partial charge in [-0.25, -0.2) is 0 Å². The topological polar surface area (TPSA) is 34.1 Å². The molecule has 2 fully saturated rings. The lowest BCUT2D eigenvalue weighted by Gasteiger charge is -2.11. The Kier molecular flexibility index (Phi) is 3.26. The van der Waals surface area contributed by atoms with Gasteiger partial charge in [0.25, 0.3) is 0 Å². The molecule has 2 atom stereocenters. The average Bonchev–Trinajstić information content (AvgIpc) is 2.66. The van der Waals surface area contributed by atoms with Crippen molar-refractivity contribution in [1.82, 2.24) is 0 Å². The molecule has 0 heterocycles. The first-order valence-electron chi connectivity index (χ1n) is 5.04. The van der Waals surface area contributed by atoms with E-state index in [4.69, 9.17) is 0 Å². The normalized spacial score (nSPS) is 29.9. The first kappa shape index (κ1) is 11.3. The summed E-state index contributed by atoms with van der Waals surface area (Å²) in [6.45, 7) is 0. The van der Waals surface area contributed by atoms with Crippen LogP contribution >= 0.6 is 23.5 Å². The molecule has 0 aromatic carbocycles. The molecule has 2 aliphatic rings. The minimum Gasteiger partial charge on any atom is -0.300 e. The SMILES string of the molecule is CSC(SC)=C1C(=O)C[C@@H]2CC(=O)C[C@H]12. The van der Waals surface area contributed by atoms with Gasteiger partial charge in [-0.15, -0.1) is 23.5 Å². The summed E-state index contributed by atoms with van der Waals surface area (Å²) in [7, 11) is 0. The summed E-state index contributed by atoms with van der Waals surface area (Å²) in [5, 5.41) is 0. The zero-order valence-electron chi connectivity index (χ0n) is 8.91. The molecule has 0 saturated heterocycles. The lowest BCUT2D eigenvalue weighted by atomic mass is 9.98. The predicted octanol–water partition coefficient (Wildman–Crippen LogP) is 2.49. The minimum atomic E-state index is 0.236. The number of Topliss-reactive ketones (excluding diaryl/α,β-unsaturated/α-hetero) is 2. The van der Waals surface area contributed by atoms with Crippen molar-refractivity contribution < 1.29 is 9.59 Å². The van der Waals surface area contributed by atoms with Gasteiger partial charge in [0.1, 0.15) is 5.78 Å². The number of ketones is 2. The van der Waals surface area contributed by atoms with Crippen molar-refractivity contribution in [1.29, 1.82) is 0 Å². The number of carbonyl (C=O) groups is 2. The van der Waals surface area contributed by atoms with Crippen LogP contribution in [0, 0.1) is 11.8 Å². The van der Waals surface area contributed by atoms with Crippen molar-refractivity contribution >= 4 is 35.1 Å². The van der Waals surface area contributed by atoms with Gasteiger partial charge in [0.15, 0.2) is 5.78 Å². The third-order valence-electron chi connectivity index (χ3n) is 3.22. The molecule has 0 aliphatic heterocycles. The first-order valence-corrected chi connectivity index (χ1v) is 7.49. The highest BCUT2D eigenvalue weighted by Gasteiger charge is 2.45. The van der Waals surface area contributed by atoms with Gasteiger partial charge in [-0.1, -0.05) is 0 Å². The van der Waals surface area contributed by atoms with Gasteiger partial charge in [-0.3, -0.25) is 9.59 Å². The van der Waals surface area contributed by atoms with E-state index in [1.165, 1.54) is 0 Å². The smallest absolute Gasteiger partial charge is 0.161 e. The third kappa shape index (κ3) is 1.89. The number of rotatable bonds is 2. The van der Waals surface area contributed by atoms with Crippen LogP contribution in [0.2, 0.25) is 0 Å². The lowest BCUT2D eigenvalue weighted by Crippen LogP contribution is -2.04. The van der Waals surface area contributed by atoms with Gasteiger partial charge in [-0.05, 0) is 24.3 Å². The van der Waals surface area contributed by atoms with Gasteiger partial charge >= 0.3 is 0 Å². The summed E-state index contributed by atoms with van der Waals surface area (Å²) in [5.74, 6) is 1.15. The average molecular weight is 242 g/mol. The van der Waals surface area contributed by atoms with Gasteiger partial charge in [0.2, 0.25) is 0 Å². The molecule has 0 radical (unpaired) electrons. The minimum absolute atomic E-state index is 0.236. The fraction of sp³-hybridized carbons (Fsp3) is 0.636. The second-order valence-electron chi connectivity index (χ2n) is 4.05. The first-order chi connectivity index (χ1) is 7.17. The fourth-order valence-corrected chi connectivity index (χ4v) is 4.24. The van der Waals surface area contributed by atoms with Gasteiger partial charge in [-0.2, -0.15) is 0 Å². The van der Waals surface area contributed by atoms with E-state index in [1.807, 2.05) is 12.5 Å². The maximum atomic E-state index is 11.9. The van der Waals surface area contributed by atoms with Gasteiger partial charge < -0.3 is 0 Å². The molecule has 0 spiro atoms. The Bertz CT molecular complexity index is 340. The van der Waals surface area contributed by atoms with E-state index in [9.17, 15) is 9.59 Å². The molecule has 0 N–H and O–H groups in total. The zero-order chi connectivity index (χ0) is 11.0. The van der Waals surface area contributed by atoms with Crippen molar-refractivity contribution in [3.63, 3.8) is 0 Å². The largest absolute Gasteiger partial charge is 0.300 e. The molecule has 0 aromatic heterocycles. The number of carbonyl (C=O) groups excluding carboxylic acids is 2. The number of thioether (sulfide) groups is 2. The second kappa shape index (κ2) is 4.34. The Morgan fingerprint density at radius 3 is 2.40 bits per heavy atom. The van der Waals surface area contributed by atoms with Crippen LogP contribution in [0.1, 0.15) is 19.3 Å². The highest BCUT2D eigenvalue weighted by Crippen LogP contribution is 2.48. The molecule has 0 bridgehead atoms. The highest BCUT2D eigenvalue weighted by atomic mass is 32.2. The van der Waals surface area contributed by atoms with E-state index in [0.29, 0.717) is 31.0 Å². The van der Waals surface area contributed by atoms with E-state index in [-0.39, 0.29) is 11.7 Å². The van der Waals surface area contributed by atoms with Crippen LogP contribution in [0.5, 0.6) is 0 Å². The third-order valence-corrected chi connectivity index (χ3v) is 5.40. The van der Waals surface area contributed by atoms with E-state index in [1.54, 1.807) is 23.5 Å². The van der Waals surface area contributed by atoms with Crippen LogP contribution in [-0.4, -0.2) is 24.1 Å². The van der Waals surface area contributed by atoms with Gasteiger partial charge in [0.05, 0.1) is 0 Å². The van der Waals surface area contributed by atoms with Crippen LogP contribution in [-0.2, 0) is 9.59 Å². The summed E-state index contributed by atoms with van der Waals surface area (Å²) >= 11 is 3.26. The molecule has 0 unspecified atom stereocenters. The Hall–Kier alpha value is -0.220. The van der Waals surface area contributed by atoms with Crippen molar-refractivity contribution in [3.05, 3.63) is 9.81 Å². The summed E-state index contributed by atoms with van der Waals surface area (Å²) < 4.78 is 1.11. The van der Waals surface area contributed by atoms with Crippen LogP contribution < -0.4 is 0 Å². The van der Waals surface area contributed by atoms with Crippen molar-refractivity contribution in [2.45, 2.75) is 19.3 Å². The maximum absolute atomic E-state index is 11.9. The van der Waals surface area contributed by atoms with Crippen LogP contribution in [0.3, 0.4) is 0 Å². The number of hydrogen-bond donors (Lipinski definition) is 0. The summed E-state index contributed by atoms with van der Waals surface area (Å²) in [6, 6.07) is 0. The monoisotopic (exact) mass is 242 g/mol. The maximum Gasteiger partial charge on any atom is 0.161 e. The van der Waals surface area contributed by atoms with Gasteiger partial charge in [0, 0.05) is 29.1 Å². The van der Waals surface area contributed by atoms with Crippen molar-refractivity contribution in [2.24, 2.45) is 11.8 Å².